The second-order valence-corrected chi connectivity index (χ2v) is 3.83. The minimum Gasteiger partial charge on any atom is -0.462 e. The van der Waals surface area contributed by atoms with Gasteiger partial charge in [-0.25, -0.2) is 18.6 Å². The normalized spacial score (nSPS) is 10.7. The standard InChI is InChI=1S/C10H11BrF2N2O2/c1-2-17-10(16)7-5(3-14)8(11)15-4-6(7)9(12)13/h4,9H,2-3,14H2,1H3. The summed E-state index contributed by atoms with van der Waals surface area (Å²) in [6.07, 6.45) is -1.86. The summed E-state index contributed by atoms with van der Waals surface area (Å²) < 4.78 is 30.6. The van der Waals surface area contributed by atoms with Crippen molar-refractivity contribution in [3.63, 3.8) is 0 Å². The molecule has 0 spiro atoms. The van der Waals surface area contributed by atoms with Gasteiger partial charge in [0.15, 0.2) is 0 Å². The number of nitrogens with two attached hydrogens (primary N) is 1. The average molecular weight is 309 g/mol. The highest BCUT2D eigenvalue weighted by molar-refractivity contribution is 9.10. The molecule has 2 N–H and O–H groups in total. The van der Waals surface area contributed by atoms with Crippen LogP contribution in [0.2, 0.25) is 0 Å². The van der Waals surface area contributed by atoms with E-state index >= 15 is 0 Å². The number of carbonyl (C=O) groups excluding carboxylic acids is 1. The van der Waals surface area contributed by atoms with E-state index in [1.807, 2.05) is 0 Å². The van der Waals surface area contributed by atoms with E-state index in [0.29, 0.717) is 0 Å². The Balaban J connectivity index is 3.38. The zero-order valence-corrected chi connectivity index (χ0v) is 10.6. The molecule has 1 aromatic heterocycles. The summed E-state index contributed by atoms with van der Waals surface area (Å²) in [6, 6.07) is 0. The largest absolute Gasteiger partial charge is 0.462 e. The van der Waals surface area contributed by atoms with Crippen molar-refractivity contribution in [1.82, 2.24) is 4.98 Å². The zero-order valence-electron chi connectivity index (χ0n) is 9.04. The van der Waals surface area contributed by atoms with Gasteiger partial charge in [0.1, 0.15) is 4.60 Å². The van der Waals surface area contributed by atoms with E-state index in [-0.39, 0.29) is 28.9 Å². The van der Waals surface area contributed by atoms with Gasteiger partial charge in [-0.2, -0.15) is 0 Å². The zero-order chi connectivity index (χ0) is 13.0. The van der Waals surface area contributed by atoms with Gasteiger partial charge >= 0.3 is 5.97 Å². The molecule has 0 amide bonds. The Morgan fingerprint density at radius 3 is 2.76 bits per heavy atom. The number of esters is 1. The van der Waals surface area contributed by atoms with Crippen molar-refractivity contribution in [2.45, 2.75) is 19.9 Å². The molecule has 1 heterocycles. The van der Waals surface area contributed by atoms with Crippen LogP contribution in [-0.4, -0.2) is 17.6 Å². The summed E-state index contributed by atoms with van der Waals surface area (Å²) in [5, 5.41) is 0. The minimum absolute atomic E-state index is 0.0811. The number of ether oxygens (including phenoxy) is 1. The smallest absolute Gasteiger partial charge is 0.339 e. The lowest BCUT2D eigenvalue weighted by molar-refractivity contribution is 0.0513. The highest BCUT2D eigenvalue weighted by Crippen LogP contribution is 2.29. The van der Waals surface area contributed by atoms with Crippen LogP contribution < -0.4 is 5.73 Å². The van der Waals surface area contributed by atoms with Gasteiger partial charge in [0.05, 0.1) is 17.7 Å². The summed E-state index contributed by atoms with van der Waals surface area (Å²) in [7, 11) is 0. The van der Waals surface area contributed by atoms with Crippen LogP contribution in [0.1, 0.15) is 34.8 Å². The molecule has 0 aliphatic rings. The molecule has 1 rings (SSSR count). The van der Waals surface area contributed by atoms with Crippen molar-refractivity contribution in [2.75, 3.05) is 6.61 Å². The van der Waals surface area contributed by atoms with Crippen molar-refractivity contribution in [2.24, 2.45) is 5.73 Å². The number of hydrogen-bond acceptors (Lipinski definition) is 4. The minimum atomic E-state index is -2.81. The average Bonchev–Trinajstić information content (AvgIpc) is 2.28. The summed E-state index contributed by atoms with van der Waals surface area (Å²) >= 11 is 3.07. The fraction of sp³-hybridized carbons (Fsp3) is 0.400. The molecule has 0 unspecified atom stereocenters. The molecule has 0 aliphatic carbocycles. The number of alkyl halides is 2. The number of carbonyl (C=O) groups is 1. The van der Waals surface area contributed by atoms with Crippen LogP contribution in [-0.2, 0) is 11.3 Å². The number of hydrogen-bond donors (Lipinski definition) is 1. The quantitative estimate of drug-likeness (QED) is 0.685. The van der Waals surface area contributed by atoms with Crippen molar-refractivity contribution < 1.29 is 18.3 Å². The molecule has 4 nitrogen and oxygen atoms in total. The summed E-state index contributed by atoms with van der Waals surface area (Å²) in [5.74, 6) is -0.814. The SMILES string of the molecule is CCOC(=O)c1c(C(F)F)cnc(Br)c1CN. The van der Waals surface area contributed by atoms with Crippen LogP contribution in [0.3, 0.4) is 0 Å². The third kappa shape index (κ3) is 2.98. The third-order valence-corrected chi connectivity index (χ3v) is 2.76. The monoisotopic (exact) mass is 308 g/mol. The Hall–Kier alpha value is -1.08. The van der Waals surface area contributed by atoms with Crippen molar-refractivity contribution >= 4 is 21.9 Å². The first-order valence-corrected chi connectivity index (χ1v) is 5.64. The van der Waals surface area contributed by atoms with Gasteiger partial charge in [0.2, 0.25) is 0 Å². The van der Waals surface area contributed by atoms with Gasteiger partial charge in [-0.3, -0.25) is 0 Å². The lowest BCUT2D eigenvalue weighted by Crippen LogP contribution is -2.15. The van der Waals surface area contributed by atoms with Crippen molar-refractivity contribution in [1.29, 1.82) is 0 Å². The van der Waals surface area contributed by atoms with E-state index in [4.69, 9.17) is 10.5 Å². The Bertz CT molecular complexity index is 427. The van der Waals surface area contributed by atoms with Gasteiger partial charge in [0, 0.05) is 18.3 Å². The molecule has 17 heavy (non-hydrogen) atoms. The summed E-state index contributed by atoms with van der Waals surface area (Å²) in [6.45, 7) is 1.62. The lowest BCUT2D eigenvalue weighted by Gasteiger charge is -2.13. The number of rotatable bonds is 4. The van der Waals surface area contributed by atoms with Crippen LogP contribution in [0.4, 0.5) is 8.78 Å². The fourth-order valence-corrected chi connectivity index (χ4v) is 1.80. The highest BCUT2D eigenvalue weighted by Gasteiger charge is 2.24. The number of nitrogens with zero attached hydrogens (tertiary/aromatic N) is 1. The molecule has 7 heteroatoms. The van der Waals surface area contributed by atoms with Crippen LogP contribution in [0, 0.1) is 0 Å². The van der Waals surface area contributed by atoms with Gasteiger partial charge in [-0.05, 0) is 22.9 Å². The molecule has 1 aromatic rings. The van der Waals surface area contributed by atoms with Crippen LogP contribution in [0.5, 0.6) is 0 Å². The maximum absolute atomic E-state index is 12.8. The summed E-state index contributed by atoms with van der Waals surface area (Å²) in [4.78, 5) is 15.4. The lowest BCUT2D eigenvalue weighted by atomic mass is 10.0. The fourth-order valence-electron chi connectivity index (χ4n) is 1.34. The molecule has 0 radical (unpaired) electrons. The van der Waals surface area contributed by atoms with E-state index < -0.39 is 18.0 Å². The molecule has 0 atom stereocenters. The first-order chi connectivity index (χ1) is 8.02. The Labute approximate surface area is 105 Å². The molecule has 0 fully saturated rings. The van der Waals surface area contributed by atoms with E-state index in [2.05, 4.69) is 20.9 Å². The Morgan fingerprint density at radius 2 is 2.29 bits per heavy atom. The number of pyridine rings is 1. The summed E-state index contributed by atoms with van der Waals surface area (Å²) in [5.41, 5.74) is 4.99. The second-order valence-electron chi connectivity index (χ2n) is 3.08. The van der Waals surface area contributed by atoms with Gasteiger partial charge in [-0.15, -0.1) is 0 Å². The molecule has 0 saturated heterocycles. The Morgan fingerprint density at radius 1 is 1.65 bits per heavy atom. The van der Waals surface area contributed by atoms with Gasteiger partial charge in [-0.1, -0.05) is 0 Å². The molecule has 0 bridgehead atoms. The Kier molecular flexibility index (Phi) is 4.95. The highest BCUT2D eigenvalue weighted by atomic mass is 79.9. The maximum Gasteiger partial charge on any atom is 0.339 e. The number of halogens is 3. The number of aromatic nitrogens is 1. The maximum atomic E-state index is 12.8. The first-order valence-electron chi connectivity index (χ1n) is 4.85. The first kappa shape index (κ1) is 14.0. The third-order valence-electron chi connectivity index (χ3n) is 2.08. The van der Waals surface area contributed by atoms with Crippen LogP contribution >= 0.6 is 15.9 Å². The molecule has 0 aromatic carbocycles. The van der Waals surface area contributed by atoms with Crippen molar-refractivity contribution in [3.8, 4) is 0 Å². The molecule has 94 valence electrons. The molecular weight excluding hydrogens is 298 g/mol. The topological polar surface area (TPSA) is 65.2 Å². The van der Waals surface area contributed by atoms with E-state index in [1.165, 1.54) is 0 Å². The molecule has 0 saturated carbocycles. The predicted molar refractivity (Wildman–Crippen MR) is 60.7 cm³/mol. The van der Waals surface area contributed by atoms with Crippen LogP contribution in [0.15, 0.2) is 10.8 Å². The van der Waals surface area contributed by atoms with Gasteiger partial charge in [0.25, 0.3) is 6.43 Å². The predicted octanol–water partition coefficient (Wildman–Crippen LogP) is 2.42. The van der Waals surface area contributed by atoms with Crippen LogP contribution in [0.25, 0.3) is 0 Å². The van der Waals surface area contributed by atoms with Gasteiger partial charge < -0.3 is 10.5 Å². The second kappa shape index (κ2) is 6.02. The van der Waals surface area contributed by atoms with E-state index in [9.17, 15) is 13.6 Å². The van der Waals surface area contributed by atoms with E-state index in [1.54, 1.807) is 6.92 Å². The molecular formula is C10H11BrF2N2O2. The molecule has 0 aliphatic heterocycles. The van der Waals surface area contributed by atoms with Crippen molar-refractivity contribution in [3.05, 3.63) is 27.5 Å². The van der Waals surface area contributed by atoms with E-state index in [0.717, 1.165) is 6.20 Å².